The van der Waals surface area contributed by atoms with E-state index in [1.807, 2.05) is 60.3 Å². The number of aromatic nitrogens is 2. The van der Waals surface area contributed by atoms with Crippen molar-refractivity contribution < 1.29 is 9.53 Å². The number of carbonyl (C=O) groups excluding carboxylic acids is 1. The zero-order chi connectivity index (χ0) is 21.8. The summed E-state index contributed by atoms with van der Waals surface area (Å²) in [5.41, 5.74) is 3.09. The summed E-state index contributed by atoms with van der Waals surface area (Å²) < 4.78 is 7.17. The Balaban J connectivity index is 1.43. The van der Waals surface area contributed by atoms with Gasteiger partial charge in [-0.2, -0.15) is 5.10 Å². The minimum atomic E-state index is -0.0501. The smallest absolute Gasteiger partial charge is 0.261 e. The molecule has 6 nitrogen and oxygen atoms in total. The predicted molar refractivity (Wildman–Crippen MR) is 126 cm³/mol. The number of fused-ring (bicyclic) bond motifs is 1. The first-order chi connectivity index (χ1) is 15.0. The van der Waals surface area contributed by atoms with Crippen molar-refractivity contribution in [1.29, 1.82) is 0 Å². The summed E-state index contributed by atoms with van der Waals surface area (Å²) >= 11 is 1.46. The summed E-state index contributed by atoms with van der Waals surface area (Å²) in [6.07, 6.45) is 0. The van der Waals surface area contributed by atoms with Crippen molar-refractivity contribution in [2.24, 2.45) is 7.05 Å². The van der Waals surface area contributed by atoms with Crippen LogP contribution >= 0.6 is 11.3 Å². The summed E-state index contributed by atoms with van der Waals surface area (Å²) in [6, 6.07) is 20.1. The van der Waals surface area contributed by atoms with E-state index in [2.05, 4.69) is 34.5 Å². The molecule has 0 unspecified atom stereocenters. The standard InChI is InChI=1S/C24H26N4O2S/c1-27(16-17-8-5-4-6-9-17)13-12-25-23(29)21-15-20-22(26-28(2)24(20)31-21)18-10-7-11-19(14-18)30-3/h4-11,14-15H,12-13,16H2,1-3H3,(H,25,29). The van der Waals surface area contributed by atoms with Crippen LogP contribution in [0.5, 0.6) is 5.75 Å². The van der Waals surface area contributed by atoms with E-state index < -0.39 is 0 Å². The number of nitrogens with one attached hydrogen (secondary N) is 1. The van der Waals surface area contributed by atoms with Crippen LogP contribution in [-0.4, -0.2) is 47.8 Å². The fourth-order valence-electron chi connectivity index (χ4n) is 3.56. The Kier molecular flexibility index (Phi) is 6.34. The summed E-state index contributed by atoms with van der Waals surface area (Å²) in [5.74, 6) is 0.732. The van der Waals surface area contributed by atoms with Crippen LogP contribution in [0.3, 0.4) is 0 Å². The first kappa shape index (κ1) is 21.1. The molecule has 31 heavy (non-hydrogen) atoms. The second-order valence-electron chi connectivity index (χ2n) is 7.51. The van der Waals surface area contributed by atoms with E-state index in [0.29, 0.717) is 11.4 Å². The lowest BCUT2D eigenvalue weighted by molar-refractivity contribution is 0.0953. The first-order valence-electron chi connectivity index (χ1n) is 10.2. The number of hydrogen-bond acceptors (Lipinski definition) is 5. The van der Waals surface area contributed by atoms with Crippen LogP contribution in [0, 0.1) is 0 Å². The Morgan fingerprint density at radius 2 is 1.97 bits per heavy atom. The fraction of sp³-hybridized carbons (Fsp3) is 0.250. The number of ether oxygens (including phenoxy) is 1. The van der Waals surface area contributed by atoms with Crippen LogP contribution in [0.4, 0.5) is 0 Å². The number of thiophene rings is 1. The van der Waals surface area contributed by atoms with Crippen LogP contribution in [0.25, 0.3) is 21.5 Å². The van der Waals surface area contributed by atoms with Gasteiger partial charge in [0.2, 0.25) is 0 Å². The van der Waals surface area contributed by atoms with Crippen molar-refractivity contribution in [2.45, 2.75) is 6.54 Å². The Hall–Kier alpha value is -3.16. The third-order valence-electron chi connectivity index (χ3n) is 5.15. The molecule has 1 amide bonds. The maximum Gasteiger partial charge on any atom is 0.261 e. The van der Waals surface area contributed by atoms with Crippen molar-refractivity contribution in [1.82, 2.24) is 20.0 Å². The second-order valence-corrected chi connectivity index (χ2v) is 8.54. The quantitative estimate of drug-likeness (QED) is 0.452. The second kappa shape index (κ2) is 9.32. The summed E-state index contributed by atoms with van der Waals surface area (Å²) in [4.78, 5) is 16.6. The van der Waals surface area contributed by atoms with Crippen LogP contribution in [0.2, 0.25) is 0 Å². The van der Waals surface area contributed by atoms with Crippen LogP contribution < -0.4 is 10.1 Å². The van der Waals surface area contributed by atoms with Crippen LogP contribution in [0.1, 0.15) is 15.2 Å². The number of likely N-dealkylation sites (N-methyl/N-ethyl adjacent to an activating group) is 1. The molecule has 0 fully saturated rings. The molecule has 2 aromatic heterocycles. The van der Waals surface area contributed by atoms with Gasteiger partial charge in [-0.3, -0.25) is 9.48 Å². The highest BCUT2D eigenvalue weighted by Crippen LogP contribution is 2.34. The van der Waals surface area contributed by atoms with Crippen molar-refractivity contribution in [3.05, 3.63) is 71.1 Å². The van der Waals surface area contributed by atoms with Gasteiger partial charge >= 0.3 is 0 Å². The number of benzene rings is 2. The van der Waals surface area contributed by atoms with Crippen molar-refractivity contribution >= 4 is 27.5 Å². The van der Waals surface area contributed by atoms with E-state index in [4.69, 9.17) is 4.74 Å². The molecular weight excluding hydrogens is 408 g/mol. The molecule has 0 aliphatic heterocycles. The highest BCUT2D eigenvalue weighted by molar-refractivity contribution is 7.20. The largest absolute Gasteiger partial charge is 0.497 e. The fourth-order valence-corrected chi connectivity index (χ4v) is 4.55. The van der Waals surface area contributed by atoms with Crippen molar-refractivity contribution in [3.63, 3.8) is 0 Å². The van der Waals surface area contributed by atoms with E-state index >= 15 is 0 Å². The van der Waals surface area contributed by atoms with Gasteiger partial charge in [0.15, 0.2) is 0 Å². The lowest BCUT2D eigenvalue weighted by atomic mass is 10.1. The molecule has 160 valence electrons. The van der Waals surface area contributed by atoms with Gasteiger partial charge in [-0.25, -0.2) is 0 Å². The summed E-state index contributed by atoms with van der Waals surface area (Å²) in [5, 5.41) is 8.68. The van der Waals surface area contributed by atoms with Gasteiger partial charge in [-0.1, -0.05) is 42.5 Å². The minimum absolute atomic E-state index is 0.0501. The highest BCUT2D eigenvalue weighted by Gasteiger charge is 2.18. The molecular formula is C24H26N4O2S. The van der Waals surface area contributed by atoms with E-state index in [9.17, 15) is 4.79 Å². The van der Waals surface area contributed by atoms with Gasteiger partial charge in [0.25, 0.3) is 5.91 Å². The molecule has 0 spiro atoms. The maximum absolute atomic E-state index is 12.7. The molecule has 7 heteroatoms. The van der Waals surface area contributed by atoms with Gasteiger partial charge < -0.3 is 15.0 Å². The van der Waals surface area contributed by atoms with E-state index in [0.717, 1.165) is 40.3 Å². The Morgan fingerprint density at radius 1 is 1.16 bits per heavy atom. The van der Waals surface area contributed by atoms with E-state index in [1.165, 1.54) is 16.9 Å². The Labute approximate surface area is 186 Å². The normalized spacial score (nSPS) is 11.2. The Morgan fingerprint density at radius 3 is 2.74 bits per heavy atom. The van der Waals surface area contributed by atoms with Gasteiger partial charge in [-0.15, -0.1) is 11.3 Å². The average Bonchev–Trinajstić information content (AvgIpc) is 3.35. The SMILES string of the molecule is COc1cccc(-c2nn(C)c3sc(C(=O)NCCN(C)Cc4ccccc4)cc23)c1. The molecule has 0 saturated carbocycles. The number of aryl methyl sites for hydroxylation is 1. The van der Waals surface area contributed by atoms with Crippen LogP contribution in [0.15, 0.2) is 60.7 Å². The number of rotatable bonds is 8. The Bertz CT molecular complexity index is 1180. The molecule has 0 bridgehead atoms. The molecule has 2 aromatic carbocycles. The lowest BCUT2D eigenvalue weighted by Crippen LogP contribution is -2.32. The monoisotopic (exact) mass is 434 g/mol. The third-order valence-corrected chi connectivity index (χ3v) is 6.35. The molecule has 0 atom stereocenters. The van der Waals surface area contributed by atoms with Crippen molar-refractivity contribution in [2.75, 3.05) is 27.2 Å². The summed E-state index contributed by atoms with van der Waals surface area (Å²) in [7, 11) is 5.62. The summed E-state index contributed by atoms with van der Waals surface area (Å²) in [6.45, 7) is 2.23. The highest BCUT2D eigenvalue weighted by atomic mass is 32.1. The minimum Gasteiger partial charge on any atom is -0.497 e. The zero-order valence-corrected chi connectivity index (χ0v) is 18.8. The molecule has 0 radical (unpaired) electrons. The van der Waals surface area contributed by atoms with Gasteiger partial charge in [0.05, 0.1) is 12.0 Å². The topological polar surface area (TPSA) is 59.4 Å². The molecule has 0 saturated heterocycles. The van der Waals surface area contributed by atoms with E-state index in [1.54, 1.807) is 7.11 Å². The average molecular weight is 435 g/mol. The molecule has 1 N–H and O–H groups in total. The number of amides is 1. The third kappa shape index (κ3) is 4.78. The van der Waals surface area contributed by atoms with Gasteiger partial charge in [0, 0.05) is 37.6 Å². The van der Waals surface area contributed by atoms with Crippen LogP contribution in [-0.2, 0) is 13.6 Å². The number of carbonyl (C=O) groups is 1. The number of nitrogens with zero attached hydrogens (tertiary/aromatic N) is 3. The molecule has 4 rings (SSSR count). The zero-order valence-electron chi connectivity index (χ0n) is 18.0. The molecule has 0 aliphatic rings. The molecule has 4 aromatic rings. The molecule has 2 heterocycles. The lowest BCUT2D eigenvalue weighted by Gasteiger charge is -2.16. The maximum atomic E-state index is 12.7. The number of hydrogen-bond donors (Lipinski definition) is 1. The van der Waals surface area contributed by atoms with Gasteiger partial charge in [-0.05, 0) is 30.8 Å². The number of methoxy groups -OCH3 is 1. The predicted octanol–water partition coefficient (Wildman–Crippen LogP) is 4.17. The van der Waals surface area contributed by atoms with E-state index in [-0.39, 0.29) is 5.91 Å². The first-order valence-corrected chi connectivity index (χ1v) is 11.0. The van der Waals surface area contributed by atoms with Crippen molar-refractivity contribution in [3.8, 4) is 17.0 Å². The molecule has 0 aliphatic carbocycles. The van der Waals surface area contributed by atoms with Gasteiger partial charge in [0.1, 0.15) is 16.3 Å².